The molecule has 2 aliphatic heterocycles. The number of nitrogens with zero attached hydrogens (tertiary/aromatic N) is 1. The van der Waals surface area contributed by atoms with Crippen LogP contribution >= 0.6 is 15.9 Å². The first-order chi connectivity index (χ1) is 9.15. The van der Waals surface area contributed by atoms with Crippen LogP contribution in [0.1, 0.15) is 11.1 Å². The second-order valence-corrected chi connectivity index (χ2v) is 6.03. The van der Waals surface area contributed by atoms with Crippen molar-refractivity contribution in [1.29, 1.82) is 0 Å². The molecule has 104 valence electrons. The van der Waals surface area contributed by atoms with Crippen LogP contribution in [-0.2, 0) is 22.4 Å². The molecular formula is C14H18BrNO3. The SMILES string of the molecule is COC1(OC)CN(Cc2cc(Br)cc3c2OCC3)C1. The van der Waals surface area contributed by atoms with Crippen molar-refractivity contribution in [1.82, 2.24) is 4.90 Å². The van der Waals surface area contributed by atoms with Crippen LogP contribution in [0.15, 0.2) is 16.6 Å². The maximum Gasteiger partial charge on any atom is 0.193 e. The van der Waals surface area contributed by atoms with Gasteiger partial charge >= 0.3 is 0 Å². The molecule has 2 aliphatic rings. The summed E-state index contributed by atoms with van der Waals surface area (Å²) in [6, 6.07) is 4.29. The van der Waals surface area contributed by atoms with Gasteiger partial charge in [0.15, 0.2) is 5.79 Å². The van der Waals surface area contributed by atoms with Crippen molar-refractivity contribution in [2.24, 2.45) is 0 Å². The molecule has 2 heterocycles. The molecule has 0 bridgehead atoms. The van der Waals surface area contributed by atoms with E-state index in [-0.39, 0.29) is 0 Å². The minimum Gasteiger partial charge on any atom is -0.493 e. The zero-order valence-electron chi connectivity index (χ0n) is 11.2. The van der Waals surface area contributed by atoms with Gasteiger partial charge in [0.25, 0.3) is 0 Å². The third kappa shape index (κ3) is 2.40. The van der Waals surface area contributed by atoms with Crippen LogP contribution in [0.25, 0.3) is 0 Å². The Balaban J connectivity index is 1.72. The van der Waals surface area contributed by atoms with E-state index in [1.54, 1.807) is 14.2 Å². The average molecular weight is 328 g/mol. The third-order valence-electron chi connectivity index (χ3n) is 3.89. The molecule has 19 heavy (non-hydrogen) atoms. The summed E-state index contributed by atoms with van der Waals surface area (Å²) >= 11 is 3.57. The van der Waals surface area contributed by atoms with Gasteiger partial charge in [-0.15, -0.1) is 0 Å². The maximum atomic E-state index is 5.75. The highest BCUT2D eigenvalue weighted by Crippen LogP contribution is 2.35. The fourth-order valence-electron chi connectivity index (χ4n) is 2.79. The van der Waals surface area contributed by atoms with Crippen LogP contribution < -0.4 is 4.74 Å². The van der Waals surface area contributed by atoms with Crippen molar-refractivity contribution < 1.29 is 14.2 Å². The largest absolute Gasteiger partial charge is 0.493 e. The molecule has 0 amide bonds. The quantitative estimate of drug-likeness (QED) is 0.793. The summed E-state index contributed by atoms with van der Waals surface area (Å²) in [5.74, 6) is 0.645. The molecule has 1 aromatic carbocycles. The normalized spacial score (nSPS) is 20.8. The first-order valence-electron chi connectivity index (χ1n) is 6.42. The molecular weight excluding hydrogens is 310 g/mol. The van der Waals surface area contributed by atoms with E-state index < -0.39 is 5.79 Å². The summed E-state index contributed by atoms with van der Waals surface area (Å²) in [5.41, 5.74) is 2.54. The molecule has 4 nitrogen and oxygen atoms in total. The van der Waals surface area contributed by atoms with Gasteiger partial charge in [0.1, 0.15) is 5.75 Å². The lowest BCUT2D eigenvalue weighted by molar-refractivity contribution is -0.277. The molecule has 5 heteroatoms. The lowest BCUT2D eigenvalue weighted by Crippen LogP contribution is -2.63. The molecule has 0 saturated carbocycles. The highest BCUT2D eigenvalue weighted by Gasteiger charge is 2.43. The Morgan fingerprint density at radius 3 is 2.74 bits per heavy atom. The molecule has 0 radical (unpaired) electrons. The van der Waals surface area contributed by atoms with E-state index >= 15 is 0 Å². The topological polar surface area (TPSA) is 30.9 Å². The maximum absolute atomic E-state index is 5.75. The number of ether oxygens (including phenoxy) is 3. The summed E-state index contributed by atoms with van der Waals surface area (Å²) in [5, 5.41) is 0. The molecule has 0 unspecified atom stereocenters. The predicted molar refractivity (Wildman–Crippen MR) is 75.4 cm³/mol. The Kier molecular flexibility index (Phi) is 3.55. The minimum atomic E-state index is -0.421. The fourth-order valence-corrected chi connectivity index (χ4v) is 3.35. The molecule has 0 aromatic heterocycles. The van der Waals surface area contributed by atoms with Gasteiger partial charge in [-0.05, 0) is 17.7 Å². The van der Waals surface area contributed by atoms with Gasteiger partial charge in [-0.2, -0.15) is 0 Å². The lowest BCUT2D eigenvalue weighted by atomic mass is 10.0. The van der Waals surface area contributed by atoms with Gasteiger partial charge in [0.2, 0.25) is 0 Å². The van der Waals surface area contributed by atoms with E-state index in [1.807, 2.05) is 0 Å². The smallest absolute Gasteiger partial charge is 0.193 e. The van der Waals surface area contributed by atoms with E-state index in [1.165, 1.54) is 11.1 Å². The summed E-state index contributed by atoms with van der Waals surface area (Å²) in [6.07, 6.45) is 1.00. The summed E-state index contributed by atoms with van der Waals surface area (Å²) in [4.78, 5) is 2.30. The molecule has 1 fully saturated rings. The summed E-state index contributed by atoms with van der Waals surface area (Å²) in [6.45, 7) is 3.25. The number of methoxy groups -OCH3 is 2. The lowest BCUT2D eigenvalue weighted by Gasteiger charge is -2.47. The van der Waals surface area contributed by atoms with Gasteiger partial charge in [-0.1, -0.05) is 15.9 Å². The van der Waals surface area contributed by atoms with Crippen LogP contribution in [-0.4, -0.2) is 44.6 Å². The van der Waals surface area contributed by atoms with Gasteiger partial charge < -0.3 is 14.2 Å². The molecule has 0 aliphatic carbocycles. The van der Waals surface area contributed by atoms with E-state index in [0.29, 0.717) is 0 Å². The number of halogens is 1. The van der Waals surface area contributed by atoms with Gasteiger partial charge in [0, 0.05) is 37.2 Å². The van der Waals surface area contributed by atoms with E-state index in [2.05, 4.69) is 33.0 Å². The van der Waals surface area contributed by atoms with Crippen LogP contribution in [0.5, 0.6) is 5.75 Å². The number of hydrogen-bond donors (Lipinski definition) is 0. The highest BCUT2D eigenvalue weighted by molar-refractivity contribution is 9.10. The standard InChI is InChI=1S/C14H18BrNO3/c1-17-14(18-2)8-16(9-14)7-11-6-12(15)5-10-3-4-19-13(10)11/h5-6H,3-4,7-9H2,1-2H3. The Bertz CT molecular complexity index is 480. The van der Waals surface area contributed by atoms with Crippen molar-refractivity contribution in [2.75, 3.05) is 33.9 Å². The van der Waals surface area contributed by atoms with Crippen molar-refractivity contribution in [3.8, 4) is 5.75 Å². The van der Waals surface area contributed by atoms with Crippen molar-refractivity contribution in [3.05, 3.63) is 27.7 Å². The molecule has 0 atom stereocenters. The number of rotatable bonds is 4. The number of hydrogen-bond acceptors (Lipinski definition) is 4. The van der Waals surface area contributed by atoms with E-state index in [9.17, 15) is 0 Å². The van der Waals surface area contributed by atoms with Crippen molar-refractivity contribution in [2.45, 2.75) is 18.8 Å². The van der Waals surface area contributed by atoms with Gasteiger partial charge in [-0.3, -0.25) is 4.90 Å². The molecule has 0 N–H and O–H groups in total. The Morgan fingerprint density at radius 1 is 1.32 bits per heavy atom. The number of fused-ring (bicyclic) bond motifs is 1. The van der Waals surface area contributed by atoms with E-state index in [0.717, 1.165) is 42.9 Å². The zero-order valence-corrected chi connectivity index (χ0v) is 12.8. The minimum absolute atomic E-state index is 0.421. The Hall–Kier alpha value is -0.620. The van der Waals surface area contributed by atoms with Crippen LogP contribution in [0, 0.1) is 0 Å². The first-order valence-corrected chi connectivity index (χ1v) is 7.22. The predicted octanol–water partition coefficient (Wildman–Crippen LogP) is 2.19. The van der Waals surface area contributed by atoms with Crippen LogP contribution in [0.2, 0.25) is 0 Å². The van der Waals surface area contributed by atoms with Gasteiger partial charge in [-0.25, -0.2) is 0 Å². The second-order valence-electron chi connectivity index (χ2n) is 5.12. The highest BCUT2D eigenvalue weighted by atomic mass is 79.9. The van der Waals surface area contributed by atoms with E-state index in [4.69, 9.17) is 14.2 Å². The molecule has 1 aromatic rings. The van der Waals surface area contributed by atoms with Crippen molar-refractivity contribution in [3.63, 3.8) is 0 Å². The summed E-state index contributed by atoms with van der Waals surface area (Å²) < 4.78 is 17.7. The zero-order chi connectivity index (χ0) is 13.5. The monoisotopic (exact) mass is 327 g/mol. The molecule has 3 rings (SSSR count). The third-order valence-corrected chi connectivity index (χ3v) is 4.35. The fraction of sp³-hybridized carbons (Fsp3) is 0.571. The second kappa shape index (κ2) is 5.05. The first kappa shape index (κ1) is 13.4. The molecule has 1 saturated heterocycles. The van der Waals surface area contributed by atoms with Crippen LogP contribution in [0.3, 0.4) is 0 Å². The van der Waals surface area contributed by atoms with Crippen molar-refractivity contribution >= 4 is 15.9 Å². The summed E-state index contributed by atoms with van der Waals surface area (Å²) in [7, 11) is 3.39. The number of benzene rings is 1. The molecule has 0 spiro atoms. The van der Waals surface area contributed by atoms with Gasteiger partial charge in [0.05, 0.1) is 19.7 Å². The average Bonchev–Trinajstić information content (AvgIpc) is 2.81. The Morgan fingerprint density at radius 2 is 2.05 bits per heavy atom. The number of likely N-dealkylation sites (tertiary alicyclic amines) is 1. The van der Waals surface area contributed by atoms with Crippen LogP contribution in [0.4, 0.5) is 0 Å². The Labute approximate surface area is 121 Å².